The van der Waals surface area contributed by atoms with Crippen LogP contribution in [0.15, 0.2) is 6.20 Å². The summed E-state index contributed by atoms with van der Waals surface area (Å²) < 4.78 is 15.2. The van der Waals surface area contributed by atoms with Crippen LogP contribution in [-0.2, 0) is 9.47 Å². The number of nitrogens with zero attached hydrogens (tertiary/aromatic N) is 2. The van der Waals surface area contributed by atoms with Gasteiger partial charge in [0.1, 0.15) is 5.02 Å². The van der Waals surface area contributed by atoms with Crippen molar-refractivity contribution in [1.29, 1.82) is 0 Å². The summed E-state index contributed by atoms with van der Waals surface area (Å²) in [7, 11) is 3.18. The molecule has 108 valence electrons. The zero-order valence-corrected chi connectivity index (χ0v) is 12.1. The van der Waals surface area contributed by atoms with Gasteiger partial charge in [0.2, 0.25) is 0 Å². The molecule has 1 rings (SSSR count). The largest absolute Gasteiger partial charge is 0.467 e. The maximum absolute atomic E-state index is 5.97. The van der Waals surface area contributed by atoms with Crippen molar-refractivity contribution >= 4 is 17.4 Å². The van der Waals surface area contributed by atoms with Gasteiger partial charge in [-0.25, -0.2) is 4.98 Å². The van der Waals surface area contributed by atoms with Gasteiger partial charge in [-0.1, -0.05) is 11.6 Å². The van der Waals surface area contributed by atoms with Gasteiger partial charge >= 0.3 is 6.01 Å². The predicted molar refractivity (Wildman–Crippen MR) is 74.0 cm³/mol. The Hall–Kier alpha value is -1.11. The average Bonchev–Trinajstić information content (AvgIpc) is 2.43. The lowest BCUT2D eigenvalue weighted by Crippen LogP contribution is -2.08. The molecule has 0 fully saturated rings. The zero-order valence-electron chi connectivity index (χ0n) is 11.3. The van der Waals surface area contributed by atoms with Crippen LogP contribution in [0.5, 0.6) is 6.01 Å². The van der Waals surface area contributed by atoms with Crippen molar-refractivity contribution in [3.63, 3.8) is 0 Å². The molecule has 0 saturated carbocycles. The average molecular weight is 290 g/mol. The third-order valence-corrected chi connectivity index (χ3v) is 2.62. The van der Waals surface area contributed by atoms with Crippen LogP contribution in [0.1, 0.15) is 12.8 Å². The van der Waals surface area contributed by atoms with E-state index in [1.807, 2.05) is 0 Å². The van der Waals surface area contributed by atoms with Gasteiger partial charge in [-0.2, -0.15) is 4.98 Å². The Morgan fingerprint density at radius 2 is 2.05 bits per heavy atom. The van der Waals surface area contributed by atoms with Crippen molar-refractivity contribution < 1.29 is 14.2 Å². The van der Waals surface area contributed by atoms with Crippen LogP contribution in [0.25, 0.3) is 0 Å². The topological polar surface area (TPSA) is 65.5 Å². The number of halogens is 1. The maximum Gasteiger partial charge on any atom is 0.318 e. The SMILES string of the molecule is COCCOCCCCNc1nc(OC)ncc1Cl. The molecule has 7 heteroatoms. The molecule has 0 radical (unpaired) electrons. The minimum absolute atomic E-state index is 0.301. The quantitative estimate of drug-likeness (QED) is 0.665. The van der Waals surface area contributed by atoms with Gasteiger partial charge in [0.15, 0.2) is 5.82 Å². The zero-order chi connectivity index (χ0) is 13.9. The van der Waals surface area contributed by atoms with Crippen molar-refractivity contribution in [1.82, 2.24) is 9.97 Å². The van der Waals surface area contributed by atoms with Crippen LogP contribution in [-0.4, -0.2) is 50.6 Å². The number of rotatable bonds is 10. The van der Waals surface area contributed by atoms with E-state index in [1.54, 1.807) is 7.11 Å². The Kier molecular flexibility index (Phi) is 8.20. The predicted octanol–water partition coefficient (Wildman–Crippen LogP) is 1.99. The van der Waals surface area contributed by atoms with Crippen molar-refractivity contribution in [3.8, 4) is 6.01 Å². The van der Waals surface area contributed by atoms with Gasteiger partial charge in [-0.15, -0.1) is 0 Å². The maximum atomic E-state index is 5.97. The minimum atomic E-state index is 0.301. The summed E-state index contributed by atoms with van der Waals surface area (Å²) in [5.74, 6) is 0.591. The van der Waals surface area contributed by atoms with Gasteiger partial charge in [0.25, 0.3) is 0 Å². The summed E-state index contributed by atoms with van der Waals surface area (Å²) in [5, 5.41) is 3.63. The summed E-state index contributed by atoms with van der Waals surface area (Å²) >= 11 is 5.97. The number of anilines is 1. The summed E-state index contributed by atoms with van der Waals surface area (Å²) in [6, 6.07) is 0.301. The molecule has 1 N–H and O–H groups in total. The first-order valence-electron chi connectivity index (χ1n) is 6.15. The molecule has 1 aromatic heterocycles. The van der Waals surface area contributed by atoms with E-state index in [9.17, 15) is 0 Å². The van der Waals surface area contributed by atoms with E-state index in [2.05, 4.69) is 15.3 Å². The number of methoxy groups -OCH3 is 2. The van der Waals surface area contributed by atoms with E-state index in [0.717, 1.165) is 26.0 Å². The molecule has 0 atom stereocenters. The van der Waals surface area contributed by atoms with Crippen molar-refractivity contribution in [2.75, 3.05) is 45.9 Å². The minimum Gasteiger partial charge on any atom is -0.467 e. The molecule has 1 heterocycles. The van der Waals surface area contributed by atoms with Gasteiger partial charge in [0.05, 0.1) is 26.5 Å². The summed E-state index contributed by atoms with van der Waals surface area (Å²) in [6.45, 7) is 2.77. The summed E-state index contributed by atoms with van der Waals surface area (Å²) in [4.78, 5) is 8.03. The third kappa shape index (κ3) is 6.56. The molecule has 0 aromatic carbocycles. The highest BCUT2D eigenvalue weighted by Gasteiger charge is 2.04. The lowest BCUT2D eigenvalue weighted by Gasteiger charge is -2.08. The fourth-order valence-corrected chi connectivity index (χ4v) is 1.51. The van der Waals surface area contributed by atoms with Crippen molar-refractivity contribution in [2.45, 2.75) is 12.8 Å². The second-order valence-electron chi connectivity index (χ2n) is 3.79. The highest BCUT2D eigenvalue weighted by molar-refractivity contribution is 6.32. The number of aromatic nitrogens is 2. The third-order valence-electron chi connectivity index (χ3n) is 2.34. The molecule has 0 aliphatic heterocycles. The number of hydrogen-bond donors (Lipinski definition) is 1. The summed E-state index contributed by atoms with van der Waals surface area (Å²) in [5.41, 5.74) is 0. The monoisotopic (exact) mass is 289 g/mol. The van der Waals surface area contributed by atoms with E-state index in [0.29, 0.717) is 30.1 Å². The van der Waals surface area contributed by atoms with Crippen molar-refractivity contribution in [2.24, 2.45) is 0 Å². The molecule has 0 saturated heterocycles. The molecular formula is C12H20ClN3O3. The first-order chi connectivity index (χ1) is 9.27. The molecule has 1 aromatic rings. The Labute approximate surface area is 118 Å². The number of ether oxygens (including phenoxy) is 3. The standard InChI is InChI=1S/C12H20ClN3O3/c1-17-7-8-19-6-4-3-5-14-11-10(13)9-15-12(16-11)18-2/h9H,3-8H2,1-2H3,(H,14,15,16). The highest BCUT2D eigenvalue weighted by atomic mass is 35.5. The molecule has 0 unspecified atom stereocenters. The molecule has 6 nitrogen and oxygen atoms in total. The number of unbranched alkanes of at least 4 members (excludes halogenated alkanes) is 1. The van der Waals surface area contributed by atoms with E-state index >= 15 is 0 Å². The van der Waals surface area contributed by atoms with E-state index in [-0.39, 0.29) is 0 Å². The van der Waals surface area contributed by atoms with Gasteiger partial charge in [0, 0.05) is 20.3 Å². The van der Waals surface area contributed by atoms with Crippen molar-refractivity contribution in [3.05, 3.63) is 11.2 Å². The fourth-order valence-electron chi connectivity index (χ4n) is 1.35. The van der Waals surface area contributed by atoms with Gasteiger partial charge < -0.3 is 19.5 Å². The molecule has 0 amide bonds. The van der Waals surface area contributed by atoms with Crippen LogP contribution < -0.4 is 10.1 Å². The number of nitrogens with one attached hydrogen (secondary N) is 1. The second-order valence-corrected chi connectivity index (χ2v) is 4.20. The summed E-state index contributed by atoms with van der Waals surface area (Å²) in [6.07, 6.45) is 3.45. The second kappa shape index (κ2) is 9.77. The van der Waals surface area contributed by atoms with Crippen LogP contribution >= 0.6 is 11.6 Å². The number of hydrogen-bond acceptors (Lipinski definition) is 6. The lowest BCUT2D eigenvalue weighted by molar-refractivity contribution is 0.0691. The first-order valence-corrected chi connectivity index (χ1v) is 6.52. The lowest BCUT2D eigenvalue weighted by atomic mass is 10.3. The van der Waals surface area contributed by atoms with Crippen LogP contribution in [0.3, 0.4) is 0 Å². The van der Waals surface area contributed by atoms with Crippen LogP contribution in [0.2, 0.25) is 5.02 Å². The van der Waals surface area contributed by atoms with Crippen LogP contribution in [0.4, 0.5) is 5.82 Å². The Bertz CT molecular complexity index is 366. The van der Waals surface area contributed by atoms with Gasteiger partial charge in [-0.3, -0.25) is 0 Å². The van der Waals surface area contributed by atoms with E-state index < -0.39 is 0 Å². The molecule has 0 aliphatic carbocycles. The smallest absolute Gasteiger partial charge is 0.318 e. The Morgan fingerprint density at radius 1 is 1.21 bits per heavy atom. The van der Waals surface area contributed by atoms with Gasteiger partial charge in [-0.05, 0) is 12.8 Å². The molecular weight excluding hydrogens is 270 g/mol. The fraction of sp³-hybridized carbons (Fsp3) is 0.667. The Morgan fingerprint density at radius 3 is 2.79 bits per heavy atom. The Balaban J connectivity index is 2.15. The van der Waals surface area contributed by atoms with E-state index in [1.165, 1.54) is 13.3 Å². The molecule has 0 aliphatic rings. The first kappa shape index (κ1) is 15.9. The molecule has 0 spiro atoms. The molecule has 0 bridgehead atoms. The highest BCUT2D eigenvalue weighted by Crippen LogP contribution is 2.19. The molecule has 19 heavy (non-hydrogen) atoms. The van der Waals surface area contributed by atoms with E-state index in [4.69, 9.17) is 25.8 Å². The normalized spacial score (nSPS) is 10.5. The van der Waals surface area contributed by atoms with Crippen LogP contribution in [0, 0.1) is 0 Å².